The predicted molar refractivity (Wildman–Crippen MR) is 64.5 cm³/mol. The van der Waals surface area contributed by atoms with Gasteiger partial charge in [-0.05, 0) is 17.7 Å². The Kier molecular flexibility index (Phi) is 3.31. The molecule has 0 aromatic heterocycles. The van der Waals surface area contributed by atoms with Gasteiger partial charge in [-0.2, -0.15) is 0 Å². The molecule has 0 N–H and O–H groups in total. The molecule has 17 heavy (non-hydrogen) atoms. The normalized spacial score (nSPS) is 17.6. The zero-order valence-electron chi connectivity index (χ0n) is 9.72. The number of nitrogens with zero attached hydrogens (tertiary/aromatic N) is 1. The maximum atomic E-state index is 11.3. The van der Waals surface area contributed by atoms with Crippen LogP contribution in [-0.4, -0.2) is 38.4 Å². The van der Waals surface area contributed by atoms with Crippen molar-refractivity contribution in [3.8, 4) is 0 Å². The van der Waals surface area contributed by atoms with Crippen LogP contribution in [0.2, 0.25) is 0 Å². The number of rotatable bonds is 3. The maximum Gasteiger partial charge on any atom is 0.175 e. The van der Waals surface area contributed by atoms with Crippen molar-refractivity contribution in [2.24, 2.45) is 0 Å². The van der Waals surface area contributed by atoms with Gasteiger partial charge in [0.2, 0.25) is 0 Å². The summed E-state index contributed by atoms with van der Waals surface area (Å²) in [6.45, 7) is 2.01. The fourth-order valence-corrected chi connectivity index (χ4v) is 2.56. The fourth-order valence-electron chi connectivity index (χ4n) is 1.93. The quantitative estimate of drug-likeness (QED) is 0.802. The van der Waals surface area contributed by atoms with E-state index in [0.29, 0.717) is 24.4 Å². The van der Waals surface area contributed by atoms with Gasteiger partial charge in [0.15, 0.2) is 9.84 Å². The SMILES string of the molecule is CS(=O)(=O)c1ccc(CN2CCC(=O)C2)cc1. The molecule has 92 valence electrons. The van der Waals surface area contributed by atoms with Crippen LogP contribution in [-0.2, 0) is 21.2 Å². The number of Topliss-reactive ketones (excluding diaryl/α,β-unsaturated/α-hetero) is 1. The summed E-state index contributed by atoms with van der Waals surface area (Å²) in [5, 5.41) is 0. The summed E-state index contributed by atoms with van der Waals surface area (Å²) in [6.07, 6.45) is 1.82. The van der Waals surface area contributed by atoms with Crippen molar-refractivity contribution in [2.75, 3.05) is 19.3 Å². The van der Waals surface area contributed by atoms with Gasteiger partial charge in [-0.25, -0.2) is 8.42 Å². The summed E-state index contributed by atoms with van der Waals surface area (Å²) in [7, 11) is -3.12. The van der Waals surface area contributed by atoms with Crippen LogP contribution in [0.15, 0.2) is 29.2 Å². The van der Waals surface area contributed by atoms with Crippen molar-refractivity contribution in [3.63, 3.8) is 0 Å². The van der Waals surface area contributed by atoms with Crippen molar-refractivity contribution in [3.05, 3.63) is 29.8 Å². The van der Waals surface area contributed by atoms with E-state index in [1.165, 1.54) is 6.26 Å². The van der Waals surface area contributed by atoms with Crippen LogP contribution in [0.5, 0.6) is 0 Å². The van der Waals surface area contributed by atoms with Crippen molar-refractivity contribution in [1.29, 1.82) is 0 Å². The van der Waals surface area contributed by atoms with Crippen LogP contribution >= 0.6 is 0 Å². The lowest BCUT2D eigenvalue weighted by Crippen LogP contribution is -2.19. The van der Waals surface area contributed by atoms with Crippen molar-refractivity contribution in [2.45, 2.75) is 17.9 Å². The number of carbonyl (C=O) groups excluding carboxylic acids is 1. The zero-order valence-corrected chi connectivity index (χ0v) is 10.5. The van der Waals surface area contributed by atoms with Gasteiger partial charge in [0, 0.05) is 25.8 Å². The van der Waals surface area contributed by atoms with Gasteiger partial charge in [0.05, 0.1) is 11.4 Å². The first-order chi connectivity index (χ1) is 7.95. The topological polar surface area (TPSA) is 54.5 Å². The minimum absolute atomic E-state index is 0.276. The van der Waals surface area contributed by atoms with E-state index < -0.39 is 9.84 Å². The molecule has 1 saturated heterocycles. The molecule has 1 aliphatic heterocycles. The molecule has 1 aliphatic rings. The van der Waals surface area contributed by atoms with Crippen molar-refractivity contribution < 1.29 is 13.2 Å². The summed E-state index contributed by atoms with van der Waals surface area (Å²) in [4.78, 5) is 13.5. The van der Waals surface area contributed by atoms with E-state index in [-0.39, 0.29) is 5.78 Å². The molecule has 0 spiro atoms. The molecular weight excluding hydrogens is 238 g/mol. The van der Waals surface area contributed by atoms with Gasteiger partial charge >= 0.3 is 0 Å². The van der Waals surface area contributed by atoms with Crippen molar-refractivity contribution in [1.82, 2.24) is 4.90 Å². The van der Waals surface area contributed by atoms with E-state index in [1.54, 1.807) is 24.3 Å². The molecule has 0 amide bonds. The Bertz CT molecular complexity index is 519. The van der Waals surface area contributed by atoms with E-state index in [0.717, 1.165) is 12.1 Å². The number of sulfone groups is 1. The van der Waals surface area contributed by atoms with E-state index in [1.807, 2.05) is 0 Å². The number of hydrogen-bond acceptors (Lipinski definition) is 4. The average Bonchev–Trinajstić information content (AvgIpc) is 2.63. The number of benzene rings is 1. The molecule has 4 nitrogen and oxygen atoms in total. The highest BCUT2D eigenvalue weighted by molar-refractivity contribution is 7.90. The summed E-state index contributed by atoms with van der Waals surface area (Å²) in [6, 6.07) is 6.84. The van der Waals surface area contributed by atoms with Crippen LogP contribution in [0, 0.1) is 0 Å². The van der Waals surface area contributed by atoms with Crippen LogP contribution in [0.1, 0.15) is 12.0 Å². The molecule has 0 radical (unpaired) electrons. The van der Waals surface area contributed by atoms with Crippen LogP contribution in [0.25, 0.3) is 0 Å². The molecule has 1 aromatic rings. The third-order valence-corrected chi connectivity index (χ3v) is 3.99. The number of ketones is 1. The summed E-state index contributed by atoms with van der Waals surface area (Å²) < 4.78 is 22.6. The van der Waals surface area contributed by atoms with Gasteiger partial charge in [-0.3, -0.25) is 9.69 Å². The molecule has 0 aliphatic carbocycles. The average molecular weight is 253 g/mol. The highest BCUT2D eigenvalue weighted by Crippen LogP contribution is 2.14. The Labute approximate surface area is 101 Å². The Hall–Kier alpha value is -1.20. The second kappa shape index (κ2) is 4.58. The minimum Gasteiger partial charge on any atom is -0.298 e. The molecular formula is C12H15NO3S. The molecule has 1 heterocycles. The Balaban J connectivity index is 2.06. The van der Waals surface area contributed by atoms with E-state index in [2.05, 4.69) is 4.90 Å². The first kappa shape index (κ1) is 12.3. The third kappa shape index (κ3) is 3.14. The van der Waals surface area contributed by atoms with Gasteiger partial charge in [0.25, 0.3) is 0 Å². The minimum atomic E-state index is -3.12. The first-order valence-electron chi connectivity index (χ1n) is 5.48. The lowest BCUT2D eigenvalue weighted by Gasteiger charge is -2.13. The zero-order chi connectivity index (χ0) is 12.5. The van der Waals surface area contributed by atoms with Crippen LogP contribution in [0.3, 0.4) is 0 Å². The van der Waals surface area contributed by atoms with E-state index in [9.17, 15) is 13.2 Å². The van der Waals surface area contributed by atoms with Crippen molar-refractivity contribution >= 4 is 15.6 Å². The smallest absolute Gasteiger partial charge is 0.175 e. The summed E-state index contributed by atoms with van der Waals surface area (Å²) in [5.41, 5.74) is 1.03. The predicted octanol–water partition coefficient (Wildman–Crippen LogP) is 0.865. The standard InChI is InChI=1S/C12H15NO3S/c1-17(15,16)12-4-2-10(3-5-12)8-13-7-6-11(14)9-13/h2-5H,6-9H2,1H3. The second-order valence-electron chi connectivity index (χ2n) is 4.42. The lowest BCUT2D eigenvalue weighted by atomic mass is 10.2. The Morgan fingerprint density at radius 2 is 1.88 bits per heavy atom. The molecule has 1 fully saturated rings. The molecule has 0 unspecified atom stereocenters. The first-order valence-corrected chi connectivity index (χ1v) is 7.37. The molecule has 2 rings (SSSR count). The molecule has 5 heteroatoms. The molecule has 0 bridgehead atoms. The molecule has 0 saturated carbocycles. The monoisotopic (exact) mass is 253 g/mol. The van der Waals surface area contributed by atoms with Gasteiger partial charge in [-0.1, -0.05) is 12.1 Å². The van der Waals surface area contributed by atoms with Gasteiger partial charge in [0.1, 0.15) is 5.78 Å². The number of hydrogen-bond donors (Lipinski definition) is 0. The maximum absolute atomic E-state index is 11.3. The van der Waals surface area contributed by atoms with Gasteiger partial charge < -0.3 is 0 Å². The summed E-state index contributed by atoms with van der Waals surface area (Å²) in [5.74, 6) is 0.276. The highest BCUT2D eigenvalue weighted by Gasteiger charge is 2.19. The Morgan fingerprint density at radius 3 is 2.35 bits per heavy atom. The Morgan fingerprint density at radius 1 is 1.24 bits per heavy atom. The van der Waals surface area contributed by atoms with Crippen LogP contribution < -0.4 is 0 Å². The highest BCUT2D eigenvalue weighted by atomic mass is 32.2. The fraction of sp³-hybridized carbons (Fsp3) is 0.417. The van der Waals surface area contributed by atoms with E-state index >= 15 is 0 Å². The van der Waals surface area contributed by atoms with Gasteiger partial charge in [-0.15, -0.1) is 0 Å². The van der Waals surface area contributed by atoms with E-state index in [4.69, 9.17) is 0 Å². The summed E-state index contributed by atoms with van der Waals surface area (Å²) >= 11 is 0. The molecule has 0 atom stereocenters. The second-order valence-corrected chi connectivity index (χ2v) is 6.43. The molecule has 1 aromatic carbocycles. The number of likely N-dealkylation sites (tertiary alicyclic amines) is 1. The number of carbonyl (C=O) groups is 1. The largest absolute Gasteiger partial charge is 0.298 e. The lowest BCUT2D eigenvalue weighted by molar-refractivity contribution is -0.116. The third-order valence-electron chi connectivity index (χ3n) is 2.86. The van der Waals surface area contributed by atoms with Crippen LogP contribution in [0.4, 0.5) is 0 Å².